The number of rotatable bonds is 2. The van der Waals surface area contributed by atoms with Gasteiger partial charge in [-0.3, -0.25) is 9.59 Å². The fourth-order valence-corrected chi connectivity index (χ4v) is 7.51. The summed E-state index contributed by atoms with van der Waals surface area (Å²) >= 11 is 0. The standard InChI is InChI=1S/C23H34O3/c1-14(24)19-7-8-20-18-6-5-16-13-17(26-15(2)25)9-11-22(16,3)21(18)10-12-23(19,20)4/h8,16-19,21H,5-7,9-13H2,1-4H3/t16?,17?,18-,19+,21-,22-,23+/m0/s1. The molecule has 26 heavy (non-hydrogen) atoms. The van der Waals surface area contributed by atoms with Gasteiger partial charge in [0.15, 0.2) is 0 Å². The van der Waals surface area contributed by atoms with E-state index in [1.807, 2.05) is 0 Å². The average molecular weight is 359 g/mol. The SMILES string of the molecule is CC(=O)OC1CC[C@@]2(C)C(CC[C@H]3C4=CC[C@H](C(C)=O)[C@@]4(C)CC[C@@H]32)C1. The lowest BCUT2D eigenvalue weighted by Gasteiger charge is -2.59. The highest BCUT2D eigenvalue weighted by Crippen LogP contribution is 2.66. The predicted molar refractivity (Wildman–Crippen MR) is 101 cm³/mol. The van der Waals surface area contributed by atoms with Gasteiger partial charge in [-0.05, 0) is 86.9 Å². The minimum absolute atomic E-state index is 0.116. The van der Waals surface area contributed by atoms with E-state index in [1.54, 1.807) is 12.5 Å². The summed E-state index contributed by atoms with van der Waals surface area (Å²) in [6.07, 6.45) is 11.7. The first-order chi connectivity index (χ1) is 12.3. The molecule has 0 saturated heterocycles. The first kappa shape index (κ1) is 18.3. The predicted octanol–water partition coefficient (Wildman–Crippen LogP) is 5.09. The molecule has 7 atom stereocenters. The number of hydrogen-bond donors (Lipinski definition) is 0. The monoisotopic (exact) mass is 358 g/mol. The maximum atomic E-state index is 12.2. The van der Waals surface area contributed by atoms with Crippen molar-refractivity contribution in [1.29, 1.82) is 0 Å². The molecule has 0 heterocycles. The maximum absolute atomic E-state index is 12.2. The molecule has 144 valence electrons. The lowest BCUT2D eigenvalue weighted by atomic mass is 9.46. The van der Waals surface area contributed by atoms with Gasteiger partial charge in [0.1, 0.15) is 11.9 Å². The van der Waals surface area contributed by atoms with Crippen LogP contribution in [0.5, 0.6) is 0 Å². The number of esters is 1. The molecule has 0 aliphatic heterocycles. The van der Waals surface area contributed by atoms with E-state index in [4.69, 9.17) is 4.74 Å². The Bertz CT molecular complexity index is 650. The molecule has 4 rings (SSSR count). The van der Waals surface area contributed by atoms with Crippen molar-refractivity contribution in [3.05, 3.63) is 11.6 Å². The van der Waals surface area contributed by atoms with Crippen LogP contribution >= 0.6 is 0 Å². The molecule has 0 spiro atoms. The number of carbonyl (C=O) groups excluding carboxylic acids is 2. The maximum Gasteiger partial charge on any atom is 0.302 e. The van der Waals surface area contributed by atoms with Crippen molar-refractivity contribution in [2.75, 3.05) is 0 Å². The van der Waals surface area contributed by atoms with Crippen LogP contribution in [0.1, 0.15) is 79.1 Å². The van der Waals surface area contributed by atoms with Gasteiger partial charge in [0, 0.05) is 12.8 Å². The zero-order valence-electron chi connectivity index (χ0n) is 16.8. The smallest absolute Gasteiger partial charge is 0.302 e. The quantitative estimate of drug-likeness (QED) is 0.510. The van der Waals surface area contributed by atoms with Gasteiger partial charge in [0.25, 0.3) is 0 Å². The van der Waals surface area contributed by atoms with E-state index in [-0.39, 0.29) is 23.4 Å². The largest absolute Gasteiger partial charge is 0.463 e. The topological polar surface area (TPSA) is 43.4 Å². The van der Waals surface area contributed by atoms with Gasteiger partial charge < -0.3 is 4.74 Å². The molecule has 4 aliphatic rings. The number of ketones is 1. The number of allylic oxidation sites excluding steroid dienone is 2. The minimum Gasteiger partial charge on any atom is -0.463 e. The Morgan fingerprint density at radius 1 is 1.08 bits per heavy atom. The first-order valence-electron chi connectivity index (χ1n) is 10.6. The molecule has 0 N–H and O–H groups in total. The van der Waals surface area contributed by atoms with Crippen molar-refractivity contribution in [3.8, 4) is 0 Å². The van der Waals surface area contributed by atoms with E-state index in [0.717, 1.165) is 25.2 Å². The Balaban J connectivity index is 1.56. The Kier molecular flexibility index (Phi) is 4.36. The van der Waals surface area contributed by atoms with Gasteiger partial charge in [-0.1, -0.05) is 25.5 Å². The number of ether oxygens (including phenoxy) is 1. The molecule has 2 unspecified atom stereocenters. The Morgan fingerprint density at radius 2 is 1.85 bits per heavy atom. The molecule has 0 radical (unpaired) electrons. The highest BCUT2D eigenvalue weighted by atomic mass is 16.5. The van der Waals surface area contributed by atoms with Crippen molar-refractivity contribution < 1.29 is 14.3 Å². The number of Topliss-reactive ketones (excluding diaryl/α,β-unsaturated/α-hetero) is 1. The van der Waals surface area contributed by atoms with Crippen LogP contribution in [0.4, 0.5) is 0 Å². The Hall–Kier alpha value is -1.12. The average Bonchev–Trinajstić information content (AvgIpc) is 2.92. The highest BCUT2D eigenvalue weighted by molar-refractivity contribution is 5.80. The summed E-state index contributed by atoms with van der Waals surface area (Å²) in [5.41, 5.74) is 2.11. The van der Waals surface area contributed by atoms with Gasteiger partial charge in [0.2, 0.25) is 0 Å². The molecular weight excluding hydrogens is 324 g/mol. The molecule has 3 heteroatoms. The third-order valence-corrected chi connectivity index (χ3v) is 8.84. The number of carbonyl (C=O) groups is 2. The second kappa shape index (κ2) is 6.21. The van der Waals surface area contributed by atoms with E-state index in [9.17, 15) is 9.59 Å². The second-order valence-corrected chi connectivity index (χ2v) is 10.0. The second-order valence-electron chi connectivity index (χ2n) is 10.0. The van der Waals surface area contributed by atoms with Crippen LogP contribution in [0.2, 0.25) is 0 Å². The first-order valence-corrected chi connectivity index (χ1v) is 10.6. The molecule has 0 aromatic rings. The normalized spacial score (nSPS) is 47.2. The van der Waals surface area contributed by atoms with Crippen LogP contribution in [0.3, 0.4) is 0 Å². The molecule has 3 saturated carbocycles. The molecule has 4 aliphatic carbocycles. The summed E-state index contributed by atoms with van der Waals surface area (Å²) < 4.78 is 5.56. The van der Waals surface area contributed by atoms with Gasteiger partial charge in [0.05, 0.1) is 0 Å². The van der Waals surface area contributed by atoms with Crippen molar-refractivity contribution in [2.45, 2.75) is 85.2 Å². The van der Waals surface area contributed by atoms with Crippen LogP contribution in [-0.4, -0.2) is 17.9 Å². The molecule has 0 amide bonds. The number of fused-ring (bicyclic) bond motifs is 5. The lowest BCUT2D eigenvalue weighted by molar-refractivity contribution is -0.155. The van der Waals surface area contributed by atoms with Crippen LogP contribution in [0.15, 0.2) is 11.6 Å². The van der Waals surface area contributed by atoms with Gasteiger partial charge in [-0.2, -0.15) is 0 Å². The van der Waals surface area contributed by atoms with Crippen LogP contribution in [0, 0.1) is 34.5 Å². The summed E-state index contributed by atoms with van der Waals surface area (Å²) in [5, 5.41) is 0. The molecule has 0 aromatic carbocycles. The lowest BCUT2D eigenvalue weighted by Crippen LogP contribution is -2.52. The fraction of sp³-hybridized carbons (Fsp3) is 0.826. The molecule has 0 bridgehead atoms. The van der Waals surface area contributed by atoms with Gasteiger partial charge in [-0.25, -0.2) is 0 Å². The Labute approximate surface area is 157 Å². The van der Waals surface area contributed by atoms with E-state index in [1.165, 1.54) is 39.0 Å². The van der Waals surface area contributed by atoms with Crippen molar-refractivity contribution in [2.24, 2.45) is 34.5 Å². The van der Waals surface area contributed by atoms with Crippen LogP contribution in [0.25, 0.3) is 0 Å². The molecule has 3 fully saturated rings. The highest BCUT2D eigenvalue weighted by Gasteiger charge is 2.58. The molecular formula is C23H34O3. The van der Waals surface area contributed by atoms with Gasteiger partial charge >= 0.3 is 5.97 Å². The molecule has 3 nitrogen and oxygen atoms in total. The van der Waals surface area contributed by atoms with Crippen LogP contribution in [-0.2, 0) is 14.3 Å². The van der Waals surface area contributed by atoms with E-state index >= 15 is 0 Å². The summed E-state index contributed by atoms with van der Waals surface area (Å²) in [7, 11) is 0. The summed E-state index contributed by atoms with van der Waals surface area (Å²) in [4.78, 5) is 23.6. The number of hydrogen-bond acceptors (Lipinski definition) is 3. The van der Waals surface area contributed by atoms with Crippen molar-refractivity contribution in [3.63, 3.8) is 0 Å². The summed E-state index contributed by atoms with van der Waals surface area (Å²) in [5.74, 6) is 2.54. The zero-order chi connectivity index (χ0) is 18.7. The summed E-state index contributed by atoms with van der Waals surface area (Å²) in [6.45, 7) is 8.19. The zero-order valence-corrected chi connectivity index (χ0v) is 16.8. The van der Waals surface area contributed by atoms with E-state index < -0.39 is 0 Å². The van der Waals surface area contributed by atoms with Gasteiger partial charge in [-0.15, -0.1) is 0 Å². The third-order valence-electron chi connectivity index (χ3n) is 8.84. The Morgan fingerprint density at radius 3 is 2.54 bits per heavy atom. The third kappa shape index (κ3) is 2.60. The van der Waals surface area contributed by atoms with Crippen molar-refractivity contribution >= 4 is 11.8 Å². The van der Waals surface area contributed by atoms with E-state index in [0.29, 0.717) is 23.0 Å². The van der Waals surface area contributed by atoms with Crippen molar-refractivity contribution in [1.82, 2.24) is 0 Å². The fourth-order valence-electron chi connectivity index (χ4n) is 7.51. The minimum atomic E-state index is -0.132. The molecule has 0 aromatic heterocycles. The van der Waals surface area contributed by atoms with Crippen LogP contribution < -0.4 is 0 Å². The summed E-state index contributed by atoms with van der Waals surface area (Å²) in [6, 6.07) is 0. The van der Waals surface area contributed by atoms with E-state index in [2.05, 4.69) is 19.9 Å².